The zero-order chi connectivity index (χ0) is 22.6. The normalized spacial score (nSPS) is 20.4. The lowest BCUT2D eigenvalue weighted by atomic mass is 9.81. The monoisotopic (exact) mass is 512 g/mol. The number of rotatable bonds is 8. The topological polar surface area (TPSA) is 75.7 Å². The third-order valence-electron chi connectivity index (χ3n) is 5.65. The SMILES string of the molecule is C[C@H](c1ccc(Br)cc1)N1CC[C@@](CCCOS(C)(=O)=O)(c2ccc(F)cc2)NC1=O. The molecule has 6 nitrogen and oxygen atoms in total. The van der Waals surface area contributed by atoms with Crippen LogP contribution < -0.4 is 5.32 Å². The van der Waals surface area contributed by atoms with E-state index in [9.17, 15) is 17.6 Å². The molecular weight excluding hydrogens is 487 g/mol. The average Bonchev–Trinajstić information content (AvgIpc) is 2.71. The Morgan fingerprint density at radius 3 is 2.42 bits per heavy atom. The summed E-state index contributed by atoms with van der Waals surface area (Å²) < 4.78 is 41.8. The molecule has 0 saturated carbocycles. The fourth-order valence-electron chi connectivity index (χ4n) is 3.94. The van der Waals surface area contributed by atoms with Crippen LogP contribution in [0.2, 0.25) is 0 Å². The highest BCUT2D eigenvalue weighted by molar-refractivity contribution is 9.10. The summed E-state index contributed by atoms with van der Waals surface area (Å²) in [6.45, 7) is 2.51. The van der Waals surface area contributed by atoms with Crippen molar-refractivity contribution in [3.63, 3.8) is 0 Å². The van der Waals surface area contributed by atoms with E-state index in [0.717, 1.165) is 21.9 Å². The van der Waals surface area contributed by atoms with E-state index in [1.807, 2.05) is 31.2 Å². The van der Waals surface area contributed by atoms with Gasteiger partial charge in [-0.15, -0.1) is 0 Å². The van der Waals surface area contributed by atoms with Crippen molar-refractivity contribution in [2.24, 2.45) is 0 Å². The number of carbonyl (C=O) groups is 1. The van der Waals surface area contributed by atoms with Gasteiger partial charge in [0.1, 0.15) is 5.82 Å². The predicted octanol–water partition coefficient (Wildman–Crippen LogP) is 4.72. The van der Waals surface area contributed by atoms with Crippen LogP contribution in [0.4, 0.5) is 9.18 Å². The second-order valence-corrected chi connectivity index (χ2v) is 10.4. The molecule has 2 aromatic carbocycles. The first-order chi connectivity index (χ1) is 14.6. The summed E-state index contributed by atoms with van der Waals surface area (Å²) in [7, 11) is -3.53. The van der Waals surface area contributed by atoms with Gasteiger partial charge in [-0.05, 0) is 61.6 Å². The number of amides is 2. The molecule has 31 heavy (non-hydrogen) atoms. The Labute approximate surface area is 191 Å². The van der Waals surface area contributed by atoms with Crippen molar-refractivity contribution in [1.29, 1.82) is 0 Å². The molecule has 3 rings (SSSR count). The molecule has 0 aromatic heterocycles. The van der Waals surface area contributed by atoms with E-state index < -0.39 is 15.7 Å². The summed E-state index contributed by atoms with van der Waals surface area (Å²) in [6.07, 6.45) is 2.50. The van der Waals surface area contributed by atoms with E-state index in [4.69, 9.17) is 4.18 Å². The molecule has 1 heterocycles. The van der Waals surface area contributed by atoms with Gasteiger partial charge in [0.15, 0.2) is 0 Å². The first-order valence-electron chi connectivity index (χ1n) is 10.0. The van der Waals surface area contributed by atoms with Gasteiger partial charge in [-0.3, -0.25) is 4.18 Å². The van der Waals surface area contributed by atoms with Gasteiger partial charge in [0, 0.05) is 11.0 Å². The van der Waals surface area contributed by atoms with Crippen LogP contribution in [0.3, 0.4) is 0 Å². The van der Waals surface area contributed by atoms with Crippen molar-refractivity contribution in [3.05, 3.63) is 69.9 Å². The van der Waals surface area contributed by atoms with E-state index in [-0.39, 0.29) is 24.5 Å². The molecule has 1 fully saturated rings. The maximum absolute atomic E-state index is 13.5. The molecule has 2 amide bonds. The molecule has 168 valence electrons. The Balaban J connectivity index is 1.78. The maximum atomic E-state index is 13.5. The third-order valence-corrected chi connectivity index (χ3v) is 6.77. The summed E-state index contributed by atoms with van der Waals surface area (Å²) >= 11 is 3.42. The van der Waals surface area contributed by atoms with E-state index in [1.54, 1.807) is 17.0 Å². The van der Waals surface area contributed by atoms with E-state index in [1.165, 1.54) is 12.1 Å². The van der Waals surface area contributed by atoms with Crippen molar-refractivity contribution >= 4 is 32.1 Å². The smallest absolute Gasteiger partial charge is 0.318 e. The number of hydrogen-bond acceptors (Lipinski definition) is 4. The molecule has 2 atom stereocenters. The first kappa shape index (κ1) is 23.7. The first-order valence-corrected chi connectivity index (χ1v) is 12.7. The minimum atomic E-state index is -3.53. The van der Waals surface area contributed by atoms with Crippen LogP contribution in [0, 0.1) is 5.82 Å². The Kier molecular flexibility index (Phi) is 7.39. The molecule has 0 spiro atoms. The number of carbonyl (C=O) groups excluding carboxylic acids is 1. The summed E-state index contributed by atoms with van der Waals surface area (Å²) in [5.74, 6) is -0.355. The molecule has 1 saturated heterocycles. The summed E-state index contributed by atoms with van der Waals surface area (Å²) in [6, 6.07) is 13.6. The van der Waals surface area contributed by atoms with Crippen LogP contribution in [0.1, 0.15) is 43.4 Å². The van der Waals surface area contributed by atoms with Gasteiger partial charge >= 0.3 is 6.03 Å². The molecule has 0 bridgehead atoms. The molecule has 0 radical (unpaired) electrons. The van der Waals surface area contributed by atoms with Gasteiger partial charge in [-0.2, -0.15) is 8.42 Å². The van der Waals surface area contributed by atoms with Gasteiger partial charge in [-0.1, -0.05) is 40.2 Å². The Morgan fingerprint density at radius 2 is 1.84 bits per heavy atom. The molecule has 1 aliphatic rings. The quantitative estimate of drug-likeness (QED) is 0.410. The average molecular weight is 513 g/mol. The molecular formula is C22H26BrFN2O4S. The largest absolute Gasteiger partial charge is 0.328 e. The number of nitrogens with one attached hydrogen (secondary N) is 1. The van der Waals surface area contributed by atoms with Gasteiger partial charge in [0.05, 0.1) is 24.4 Å². The fraction of sp³-hybridized carbons (Fsp3) is 0.409. The Bertz CT molecular complexity index is 1010. The van der Waals surface area contributed by atoms with Crippen LogP contribution >= 0.6 is 15.9 Å². The standard InChI is InChI=1S/C22H26BrFN2O4S/c1-16(17-4-8-19(23)9-5-17)26-14-13-22(25-21(26)27,12-3-15-30-31(2,28)29)18-6-10-20(24)11-7-18/h4-11,16H,3,12-15H2,1-2H3,(H,25,27)/t16-,22+/m1/s1. The van der Waals surface area contributed by atoms with Gasteiger partial charge < -0.3 is 10.2 Å². The molecule has 0 aliphatic carbocycles. The molecule has 9 heteroatoms. The van der Waals surface area contributed by atoms with Crippen LogP contribution in [0.5, 0.6) is 0 Å². The van der Waals surface area contributed by atoms with Crippen LogP contribution in [-0.4, -0.2) is 38.8 Å². The lowest BCUT2D eigenvalue weighted by Gasteiger charge is -2.45. The van der Waals surface area contributed by atoms with Gasteiger partial charge in [0.2, 0.25) is 0 Å². The number of urea groups is 1. The minimum absolute atomic E-state index is 0.0245. The summed E-state index contributed by atoms with van der Waals surface area (Å²) in [4.78, 5) is 14.9. The second-order valence-electron chi connectivity index (χ2n) is 7.82. The highest BCUT2D eigenvalue weighted by atomic mass is 79.9. The summed E-state index contributed by atoms with van der Waals surface area (Å²) in [5.41, 5.74) is 1.09. The summed E-state index contributed by atoms with van der Waals surface area (Å²) in [5, 5.41) is 3.13. The minimum Gasteiger partial charge on any atom is -0.328 e. The number of hydrogen-bond donors (Lipinski definition) is 1. The Hall–Kier alpha value is -1.97. The lowest BCUT2D eigenvalue weighted by Crippen LogP contribution is -2.58. The predicted molar refractivity (Wildman–Crippen MR) is 121 cm³/mol. The van der Waals surface area contributed by atoms with Crippen molar-refractivity contribution < 1.29 is 21.8 Å². The number of benzene rings is 2. The van der Waals surface area contributed by atoms with Crippen LogP contribution in [0.25, 0.3) is 0 Å². The zero-order valence-corrected chi connectivity index (χ0v) is 19.9. The Morgan fingerprint density at radius 1 is 1.19 bits per heavy atom. The van der Waals surface area contributed by atoms with Crippen molar-refractivity contribution in [2.45, 2.75) is 37.8 Å². The van der Waals surface area contributed by atoms with Gasteiger partial charge in [-0.25, -0.2) is 9.18 Å². The second kappa shape index (κ2) is 9.67. The van der Waals surface area contributed by atoms with Crippen molar-refractivity contribution in [2.75, 3.05) is 19.4 Å². The molecule has 1 aliphatic heterocycles. The van der Waals surface area contributed by atoms with E-state index >= 15 is 0 Å². The van der Waals surface area contributed by atoms with E-state index in [2.05, 4.69) is 21.2 Å². The van der Waals surface area contributed by atoms with Crippen LogP contribution in [-0.2, 0) is 19.8 Å². The highest BCUT2D eigenvalue weighted by Gasteiger charge is 2.40. The van der Waals surface area contributed by atoms with Crippen molar-refractivity contribution in [1.82, 2.24) is 10.2 Å². The number of halogens is 2. The molecule has 1 N–H and O–H groups in total. The lowest BCUT2D eigenvalue weighted by molar-refractivity contribution is 0.118. The fourth-order valence-corrected chi connectivity index (χ4v) is 4.63. The van der Waals surface area contributed by atoms with Gasteiger partial charge in [0.25, 0.3) is 10.1 Å². The number of nitrogens with zero attached hydrogens (tertiary/aromatic N) is 1. The van der Waals surface area contributed by atoms with E-state index in [0.29, 0.717) is 25.8 Å². The maximum Gasteiger partial charge on any atom is 0.318 e. The highest BCUT2D eigenvalue weighted by Crippen LogP contribution is 2.36. The third kappa shape index (κ3) is 6.05. The van der Waals surface area contributed by atoms with Crippen molar-refractivity contribution in [3.8, 4) is 0 Å². The zero-order valence-electron chi connectivity index (χ0n) is 17.5. The molecule has 0 unspecified atom stereocenters. The molecule has 2 aromatic rings. The van der Waals surface area contributed by atoms with Crippen LogP contribution in [0.15, 0.2) is 53.0 Å².